The fourth-order valence-corrected chi connectivity index (χ4v) is 5.84. The molecule has 5 rings (SSSR count). The summed E-state index contributed by atoms with van der Waals surface area (Å²) >= 11 is 0. The van der Waals surface area contributed by atoms with E-state index in [-0.39, 0.29) is 123 Å². The fraction of sp³-hybridized carbons (Fsp3) is 0.0714. The Kier molecular flexibility index (Phi) is 17.0. The number of hydrogen-bond acceptors (Lipinski definition) is 18. The number of phenols is 1. The molecule has 0 unspecified atom stereocenters. The number of rotatable bonds is 13. The summed E-state index contributed by atoms with van der Waals surface area (Å²) in [6.07, 6.45) is -1.07. The number of azo groups is 1. The first-order valence-corrected chi connectivity index (χ1v) is 17.8. The molecule has 1 aromatic heterocycles. The second-order valence-electron chi connectivity index (χ2n) is 9.83. The average molecular weight is 817 g/mol. The average Bonchev–Trinajstić information content (AvgIpc) is 3.04. The van der Waals surface area contributed by atoms with E-state index in [1.807, 2.05) is 0 Å². The van der Waals surface area contributed by atoms with E-state index >= 15 is 0 Å². The van der Waals surface area contributed by atoms with Gasteiger partial charge < -0.3 is 38.9 Å². The van der Waals surface area contributed by atoms with E-state index in [0.717, 1.165) is 12.1 Å². The molecule has 0 saturated carbocycles. The number of benzene rings is 4. The van der Waals surface area contributed by atoms with Crippen molar-refractivity contribution in [2.45, 2.75) is 14.7 Å². The number of ether oxygens (including phenoxy) is 2. The summed E-state index contributed by atoms with van der Waals surface area (Å²) in [5.41, 5.74) is 0.0460. The smallest absolute Gasteiger partial charge is 0.744 e. The number of nitrogens with one attached hydrogen (secondary N) is 2. The number of halogens is 1. The van der Waals surface area contributed by atoms with Crippen LogP contribution in [0.4, 0.5) is 27.3 Å². The predicted molar refractivity (Wildman–Crippen MR) is 167 cm³/mol. The zero-order chi connectivity index (χ0) is 36.3. The minimum Gasteiger partial charge on any atom is -0.744 e. The molecule has 4 aromatic carbocycles. The number of fused-ring (bicyclic) bond motifs is 1. The van der Waals surface area contributed by atoms with E-state index < -0.39 is 76.1 Å². The molecule has 262 valence electrons. The summed E-state index contributed by atoms with van der Waals surface area (Å²) in [5, 5.41) is 24.8. The summed E-state index contributed by atoms with van der Waals surface area (Å²) in [7, 11) is -15.2. The second kappa shape index (κ2) is 19.4. The number of aromatic hydroxyl groups is 1. The van der Waals surface area contributed by atoms with Crippen molar-refractivity contribution in [2.24, 2.45) is 10.2 Å². The van der Waals surface area contributed by atoms with Crippen LogP contribution in [-0.4, -0.2) is 67.4 Å². The number of aromatic nitrogens is 2. The van der Waals surface area contributed by atoms with Gasteiger partial charge in [-0.05, 0) is 60.7 Å². The van der Waals surface area contributed by atoms with Gasteiger partial charge in [0, 0.05) is 5.39 Å². The fourth-order valence-electron chi connectivity index (χ4n) is 4.19. The molecular formula is C28H20FN6Na3O12S3. The Labute approximate surface area is 367 Å². The maximum atomic E-state index is 14.1. The first kappa shape index (κ1) is 46.6. The van der Waals surface area contributed by atoms with Crippen molar-refractivity contribution in [3.05, 3.63) is 84.9 Å². The molecule has 0 amide bonds. The maximum absolute atomic E-state index is 14.1. The number of phenolic OH excluding ortho intramolecular Hbond substituents is 1. The standard InChI is InChI=1S/C28H23FN6O12S3.3Na/c29-28-32-23-7-2-1-6-22(23)27(33-28)35-34-16-8-24(30-14-46-17-4-3-5-19(10-17)48(37,38)39)26(36)25(9-16)31-15-47-18-11-20(49(40,41)42)13-21(12-18)50(43,44)45;;;/h1-13,30-31,36H,14-15H2,(H,37,38,39)(H,40,41,42)(H,43,44,45);;;/q;3*+1/p-3. The van der Waals surface area contributed by atoms with Gasteiger partial charge in [0.15, 0.2) is 25.0 Å². The van der Waals surface area contributed by atoms with E-state index in [0.29, 0.717) is 23.6 Å². The van der Waals surface area contributed by atoms with Crippen molar-refractivity contribution in [2.75, 3.05) is 24.1 Å². The third-order valence-electron chi connectivity index (χ3n) is 6.44. The zero-order valence-corrected chi connectivity index (χ0v) is 36.2. The van der Waals surface area contributed by atoms with Crippen LogP contribution >= 0.6 is 0 Å². The quantitative estimate of drug-likeness (QED) is 0.0250. The van der Waals surface area contributed by atoms with Crippen molar-refractivity contribution >= 4 is 64.1 Å². The largest absolute Gasteiger partial charge is 1.00 e. The van der Waals surface area contributed by atoms with Gasteiger partial charge in [0.05, 0.1) is 37.3 Å². The SMILES string of the molecule is O=S(=O)([O-])c1cccc(OCNc2cc(N=Nc3nc(F)nc4ccccc34)cc(NCOc3cc(S(=O)(=O)[O-])cc(S(=O)(=O)[O-])c3)c2O)c1.[Na+].[Na+].[Na+]. The number of hydrogen-bond donors (Lipinski definition) is 3. The molecule has 0 saturated heterocycles. The van der Waals surface area contributed by atoms with Gasteiger partial charge in [0.2, 0.25) is 0 Å². The van der Waals surface area contributed by atoms with Crippen LogP contribution in [0.2, 0.25) is 0 Å². The Hall–Kier alpha value is -2.52. The number of anilines is 2. The van der Waals surface area contributed by atoms with Crippen LogP contribution in [0.5, 0.6) is 17.2 Å². The maximum Gasteiger partial charge on any atom is 1.00 e. The van der Waals surface area contributed by atoms with Gasteiger partial charge in [-0.15, -0.1) is 10.2 Å². The Morgan fingerprint density at radius 1 is 0.660 bits per heavy atom. The van der Waals surface area contributed by atoms with Crippen molar-refractivity contribution < 1.29 is 147 Å². The van der Waals surface area contributed by atoms with E-state index in [2.05, 4.69) is 30.8 Å². The van der Waals surface area contributed by atoms with Crippen LogP contribution in [0, 0.1) is 6.08 Å². The minimum absolute atomic E-state index is 0. The number of para-hydroxylation sites is 1. The molecule has 0 bridgehead atoms. The molecule has 5 aromatic rings. The van der Waals surface area contributed by atoms with Gasteiger partial charge >= 0.3 is 94.8 Å². The van der Waals surface area contributed by atoms with Crippen LogP contribution in [0.25, 0.3) is 10.9 Å². The molecule has 3 N–H and O–H groups in total. The van der Waals surface area contributed by atoms with Crippen molar-refractivity contribution in [3.63, 3.8) is 0 Å². The van der Waals surface area contributed by atoms with Crippen LogP contribution in [0.1, 0.15) is 0 Å². The third kappa shape index (κ3) is 12.8. The first-order chi connectivity index (χ1) is 23.5. The normalized spacial score (nSPS) is 11.5. The van der Waals surface area contributed by atoms with Crippen LogP contribution in [0.15, 0.2) is 104 Å². The van der Waals surface area contributed by atoms with Gasteiger partial charge in [-0.1, -0.05) is 18.2 Å². The second-order valence-corrected chi connectivity index (χ2v) is 14.0. The zero-order valence-electron chi connectivity index (χ0n) is 27.7. The molecule has 0 fully saturated rings. The van der Waals surface area contributed by atoms with Crippen LogP contribution in [-0.2, 0) is 30.4 Å². The van der Waals surface area contributed by atoms with E-state index in [4.69, 9.17) is 9.47 Å². The summed E-state index contributed by atoms with van der Waals surface area (Å²) in [6, 6.07) is 15.4. The third-order valence-corrected chi connectivity index (χ3v) is 8.90. The van der Waals surface area contributed by atoms with Crippen molar-refractivity contribution in [3.8, 4) is 17.2 Å². The molecule has 0 spiro atoms. The van der Waals surface area contributed by atoms with Crippen LogP contribution < -0.4 is 109 Å². The summed E-state index contributed by atoms with van der Waals surface area (Å²) < 4.78 is 128. The minimum atomic E-state index is -5.20. The van der Waals surface area contributed by atoms with Crippen molar-refractivity contribution in [1.29, 1.82) is 0 Å². The molecular weight excluding hydrogens is 797 g/mol. The topological polar surface area (TPSA) is 285 Å². The Morgan fingerprint density at radius 3 is 1.75 bits per heavy atom. The molecule has 0 radical (unpaired) electrons. The molecule has 1 heterocycles. The molecule has 53 heavy (non-hydrogen) atoms. The summed E-state index contributed by atoms with van der Waals surface area (Å²) in [5.74, 6) is -1.16. The summed E-state index contributed by atoms with van der Waals surface area (Å²) in [4.78, 5) is 4.72. The monoisotopic (exact) mass is 816 g/mol. The van der Waals surface area contributed by atoms with Gasteiger partial charge in [-0.25, -0.2) is 30.2 Å². The van der Waals surface area contributed by atoms with Gasteiger partial charge in [-0.3, -0.25) is 0 Å². The molecule has 18 nitrogen and oxygen atoms in total. The van der Waals surface area contributed by atoms with E-state index in [1.165, 1.54) is 30.3 Å². The van der Waals surface area contributed by atoms with Crippen LogP contribution in [0.3, 0.4) is 0 Å². The van der Waals surface area contributed by atoms with Crippen molar-refractivity contribution in [1.82, 2.24) is 9.97 Å². The Bertz CT molecular complexity index is 2430. The molecule has 0 aliphatic rings. The first-order valence-electron chi connectivity index (χ1n) is 13.5. The van der Waals surface area contributed by atoms with E-state index in [1.54, 1.807) is 18.2 Å². The Morgan fingerprint density at radius 2 is 1.19 bits per heavy atom. The predicted octanol–water partition coefficient (Wildman–Crippen LogP) is -5.49. The molecule has 25 heteroatoms. The van der Waals surface area contributed by atoms with Gasteiger partial charge in [0.1, 0.15) is 41.9 Å². The van der Waals surface area contributed by atoms with Gasteiger partial charge in [-0.2, -0.15) is 9.37 Å². The van der Waals surface area contributed by atoms with E-state index in [9.17, 15) is 48.4 Å². The molecule has 0 atom stereocenters. The summed E-state index contributed by atoms with van der Waals surface area (Å²) in [6.45, 7) is -1.03. The molecule has 0 aliphatic carbocycles. The van der Waals surface area contributed by atoms with Gasteiger partial charge in [0.25, 0.3) is 0 Å². The Balaban J connectivity index is 0.00000324. The molecule has 0 aliphatic heterocycles. The number of nitrogens with zero attached hydrogens (tertiary/aromatic N) is 4.